The topological polar surface area (TPSA) is 75.3 Å². The number of nitrogens with one attached hydrogen (secondary N) is 1. The van der Waals surface area contributed by atoms with Crippen molar-refractivity contribution in [1.29, 1.82) is 0 Å². The molecule has 0 radical (unpaired) electrons. The third-order valence-electron chi connectivity index (χ3n) is 1.82. The number of carbonyl (C=O) groups is 1. The summed E-state index contributed by atoms with van der Waals surface area (Å²) in [6.07, 6.45) is 2.64. The Balaban J connectivity index is 2.91. The Labute approximate surface area is 82.0 Å². The lowest BCUT2D eigenvalue weighted by molar-refractivity contribution is -0.131. The zero-order valence-electron chi connectivity index (χ0n) is 7.82. The molecule has 4 nitrogen and oxygen atoms in total. The van der Waals surface area contributed by atoms with Gasteiger partial charge in [-0.05, 0) is 36.3 Å². The van der Waals surface area contributed by atoms with Crippen LogP contribution in [-0.4, -0.2) is 11.1 Å². The third kappa shape index (κ3) is 2.60. The van der Waals surface area contributed by atoms with Gasteiger partial charge in [0.1, 0.15) is 0 Å². The van der Waals surface area contributed by atoms with Crippen molar-refractivity contribution in [2.75, 3.05) is 5.43 Å². The molecule has 0 saturated carbocycles. The van der Waals surface area contributed by atoms with Gasteiger partial charge in [0.25, 0.3) is 0 Å². The molecule has 0 spiro atoms. The first-order valence-corrected chi connectivity index (χ1v) is 4.12. The number of rotatable bonds is 3. The molecule has 0 aliphatic heterocycles. The first-order valence-electron chi connectivity index (χ1n) is 4.12. The molecule has 1 aromatic rings. The number of hydrogen-bond donors (Lipinski definition) is 3. The van der Waals surface area contributed by atoms with Crippen molar-refractivity contribution in [2.45, 2.75) is 6.92 Å². The number of anilines is 1. The lowest BCUT2D eigenvalue weighted by atomic mass is 10.1. The maximum Gasteiger partial charge on any atom is 0.328 e. The van der Waals surface area contributed by atoms with E-state index >= 15 is 0 Å². The first-order chi connectivity index (χ1) is 6.63. The van der Waals surface area contributed by atoms with Crippen molar-refractivity contribution in [3.8, 4) is 0 Å². The number of hydrazine groups is 1. The van der Waals surface area contributed by atoms with Gasteiger partial charge in [0.15, 0.2) is 0 Å². The highest BCUT2D eigenvalue weighted by Gasteiger charge is 1.96. The zero-order chi connectivity index (χ0) is 10.6. The number of nitrogens with two attached hydrogens (primary N) is 1. The summed E-state index contributed by atoms with van der Waals surface area (Å²) >= 11 is 0. The quantitative estimate of drug-likeness (QED) is 0.384. The van der Waals surface area contributed by atoms with Crippen molar-refractivity contribution in [3.05, 3.63) is 35.4 Å². The lowest BCUT2D eigenvalue weighted by Crippen LogP contribution is -2.07. The van der Waals surface area contributed by atoms with Gasteiger partial charge < -0.3 is 10.5 Å². The molecule has 74 valence electrons. The van der Waals surface area contributed by atoms with E-state index in [9.17, 15) is 4.79 Å². The number of nitrogen functional groups attached to an aromatic ring is 1. The fraction of sp³-hybridized carbons (Fsp3) is 0.100. The van der Waals surface area contributed by atoms with Crippen LogP contribution in [0.3, 0.4) is 0 Å². The van der Waals surface area contributed by atoms with Crippen LogP contribution in [0.1, 0.15) is 11.1 Å². The normalized spacial score (nSPS) is 10.4. The number of hydrogen-bond acceptors (Lipinski definition) is 3. The fourth-order valence-corrected chi connectivity index (χ4v) is 1.12. The highest BCUT2D eigenvalue weighted by molar-refractivity contribution is 5.85. The standard InChI is InChI=1S/C10H12N2O2/c1-7-6-8(3-5-10(13)14)2-4-9(7)12-11/h2-6,12H,11H2,1H3,(H,13,14)/b5-3+. The summed E-state index contributed by atoms with van der Waals surface area (Å²) in [4.78, 5) is 10.3. The number of aliphatic carboxylic acids is 1. The van der Waals surface area contributed by atoms with Crippen molar-refractivity contribution >= 4 is 17.7 Å². The van der Waals surface area contributed by atoms with Crippen molar-refractivity contribution in [1.82, 2.24) is 0 Å². The zero-order valence-corrected chi connectivity index (χ0v) is 7.82. The van der Waals surface area contributed by atoms with Crippen LogP contribution >= 0.6 is 0 Å². The Morgan fingerprint density at radius 1 is 1.57 bits per heavy atom. The van der Waals surface area contributed by atoms with Gasteiger partial charge in [0.05, 0.1) is 5.69 Å². The molecular weight excluding hydrogens is 180 g/mol. The molecule has 0 saturated heterocycles. The van der Waals surface area contributed by atoms with E-state index in [0.29, 0.717) is 0 Å². The smallest absolute Gasteiger partial charge is 0.328 e. The number of aryl methyl sites for hydroxylation is 1. The van der Waals surface area contributed by atoms with E-state index in [1.54, 1.807) is 12.1 Å². The molecule has 0 aliphatic carbocycles. The van der Waals surface area contributed by atoms with Crippen LogP contribution in [-0.2, 0) is 4.79 Å². The molecule has 0 aliphatic rings. The minimum Gasteiger partial charge on any atom is -0.478 e. The molecule has 0 unspecified atom stereocenters. The molecule has 0 amide bonds. The monoisotopic (exact) mass is 192 g/mol. The predicted octanol–water partition coefficient (Wildman–Crippen LogP) is 1.38. The Morgan fingerprint density at radius 2 is 2.29 bits per heavy atom. The van der Waals surface area contributed by atoms with Gasteiger partial charge >= 0.3 is 5.97 Å². The van der Waals surface area contributed by atoms with Gasteiger partial charge in [-0.2, -0.15) is 0 Å². The van der Waals surface area contributed by atoms with Crippen LogP contribution in [0, 0.1) is 6.92 Å². The van der Waals surface area contributed by atoms with Crippen molar-refractivity contribution < 1.29 is 9.90 Å². The lowest BCUT2D eigenvalue weighted by Gasteiger charge is -2.04. The molecule has 0 fully saturated rings. The van der Waals surface area contributed by atoms with Crippen molar-refractivity contribution in [2.24, 2.45) is 5.84 Å². The van der Waals surface area contributed by atoms with Crippen LogP contribution in [0.4, 0.5) is 5.69 Å². The van der Waals surface area contributed by atoms with E-state index in [1.165, 1.54) is 6.08 Å². The number of benzene rings is 1. The second-order valence-corrected chi connectivity index (χ2v) is 2.89. The SMILES string of the molecule is Cc1cc(/C=C/C(=O)O)ccc1NN. The Kier molecular flexibility index (Phi) is 3.25. The maximum absolute atomic E-state index is 10.3. The molecule has 0 atom stereocenters. The highest BCUT2D eigenvalue weighted by Crippen LogP contribution is 2.15. The molecule has 14 heavy (non-hydrogen) atoms. The molecule has 1 aromatic carbocycles. The Hall–Kier alpha value is -1.81. The minimum absolute atomic E-state index is 0.831. The average molecular weight is 192 g/mol. The average Bonchev–Trinajstić information content (AvgIpc) is 2.15. The molecule has 4 N–H and O–H groups in total. The van der Waals surface area contributed by atoms with Crippen LogP contribution in [0.2, 0.25) is 0 Å². The van der Waals surface area contributed by atoms with Gasteiger partial charge in [0.2, 0.25) is 0 Å². The predicted molar refractivity (Wildman–Crippen MR) is 55.7 cm³/mol. The van der Waals surface area contributed by atoms with Crippen LogP contribution < -0.4 is 11.3 Å². The molecule has 1 rings (SSSR count). The summed E-state index contributed by atoms with van der Waals surface area (Å²) in [5.41, 5.74) is 5.19. The van der Waals surface area contributed by atoms with Gasteiger partial charge in [-0.25, -0.2) is 4.79 Å². The van der Waals surface area contributed by atoms with E-state index in [-0.39, 0.29) is 0 Å². The Bertz CT molecular complexity index is 372. The van der Waals surface area contributed by atoms with Crippen LogP contribution in [0.25, 0.3) is 6.08 Å². The van der Waals surface area contributed by atoms with Gasteiger partial charge in [-0.3, -0.25) is 5.84 Å². The summed E-state index contributed by atoms with van der Waals surface area (Å²) in [7, 11) is 0. The minimum atomic E-state index is -0.955. The van der Waals surface area contributed by atoms with Gasteiger partial charge in [-0.1, -0.05) is 6.07 Å². The van der Waals surface area contributed by atoms with E-state index in [1.807, 2.05) is 13.0 Å². The molecule has 0 heterocycles. The maximum atomic E-state index is 10.3. The molecule has 0 bridgehead atoms. The highest BCUT2D eigenvalue weighted by atomic mass is 16.4. The fourth-order valence-electron chi connectivity index (χ4n) is 1.12. The number of carboxylic acid groups (broad SMARTS) is 1. The summed E-state index contributed by atoms with van der Waals surface area (Å²) in [5.74, 6) is 4.31. The Morgan fingerprint density at radius 3 is 2.79 bits per heavy atom. The second kappa shape index (κ2) is 4.43. The second-order valence-electron chi connectivity index (χ2n) is 2.89. The molecule has 4 heteroatoms. The molecule has 0 aromatic heterocycles. The van der Waals surface area contributed by atoms with E-state index < -0.39 is 5.97 Å². The number of carboxylic acids is 1. The summed E-state index contributed by atoms with van der Waals surface area (Å²) in [6.45, 7) is 1.90. The van der Waals surface area contributed by atoms with Crippen LogP contribution in [0.5, 0.6) is 0 Å². The third-order valence-corrected chi connectivity index (χ3v) is 1.82. The first kappa shape index (κ1) is 10.3. The summed E-state index contributed by atoms with van der Waals surface area (Å²) in [6, 6.07) is 5.45. The largest absolute Gasteiger partial charge is 0.478 e. The van der Waals surface area contributed by atoms with E-state index in [2.05, 4.69) is 5.43 Å². The van der Waals surface area contributed by atoms with Crippen molar-refractivity contribution in [3.63, 3.8) is 0 Å². The van der Waals surface area contributed by atoms with Gasteiger partial charge in [0, 0.05) is 6.08 Å². The summed E-state index contributed by atoms with van der Waals surface area (Å²) in [5, 5.41) is 8.43. The van der Waals surface area contributed by atoms with Crippen LogP contribution in [0.15, 0.2) is 24.3 Å². The van der Waals surface area contributed by atoms with Gasteiger partial charge in [-0.15, -0.1) is 0 Å². The molecular formula is C10H12N2O2. The van der Waals surface area contributed by atoms with E-state index in [4.69, 9.17) is 10.9 Å². The van der Waals surface area contributed by atoms with E-state index in [0.717, 1.165) is 22.9 Å². The summed E-state index contributed by atoms with van der Waals surface area (Å²) < 4.78 is 0.